The number of thiol groups is 1. The Morgan fingerprint density at radius 2 is 1.58 bits per heavy atom. The first-order chi connectivity index (χ1) is 25.5. The number of amidine groups is 1. The molecule has 17 heteroatoms. The predicted octanol–water partition coefficient (Wildman–Crippen LogP) is 6.33. The number of fused-ring (bicyclic) bond motifs is 1. The summed E-state index contributed by atoms with van der Waals surface area (Å²) >= 11 is 4.60. The molecule has 0 fully saturated rings. The maximum absolute atomic E-state index is 14.0. The average molecular weight is 764 g/mol. The van der Waals surface area contributed by atoms with Gasteiger partial charge in [-0.15, -0.1) is 10.2 Å². The standard InChI is InChI=1S/C36H29N9O5S3/c1-2-11-32(51)45-35(40-29-16-9-10-17-31(29)53(45,49)50)33(36(46)39-26-12-5-3-6-13-26)41-42-34-25(22-38)23-44(43-34)30-19-18-28(20-24(30)21-37)52(47,48)27-14-7-4-8-15-27/h3-10,12-20,23,32-33,51H,2,11H2,1H3,(H,39,46). The smallest absolute Gasteiger partial charge is 0.268 e. The van der Waals surface area contributed by atoms with Crippen molar-refractivity contribution in [3.63, 3.8) is 0 Å². The summed E-state index contributed by atoms with van der Waals surface area (Å²) in [5.74, 6) is -1.32. The summed E-state index contributed by atoms with van der Waals surface area (Å²) in [7, 11) is -8.22. The summed E-state index contributed by atoms with van der Waals surface area (Å²) < 4.78 is 56.7. The lowest BCUT2D eigenvalue weighted by Crippen LogP contribution is -2.51. The van der Waals surface area contributed by atoms with Crippen LogP contribution in [0, 0.1) is 22.7 Å². The molecule has 0 saturated carbocycles. The lowest BCUT2D eigenvalue weighted by atomic mass is 10.2. The first kappa shape index (κ1) is 36.6. The Morgan fingerprint density at radius 3 is 2.26 bits per heavy atom. The van der Waals surface area contributed by atoms with Crippen LogP contribution < -0.4 is 5.32 Å². The molecule has 4 aromatic carbocycles. The molecule has 1 aromatic heterocycles. The second-order valence-electron chi connectivity index (χ2n) is 11.5. The van der Waals surface area contributed by atoms with Gasteiger partial charge in [0.2, 0.25) is 21.7 Å². The molecule has 1 N–H and O–H groups in total. The first-order valence-electron chi connectivity index (χ1n) is 16.0. The molecular weight excluding hydrogens is 735 g/mol. The van der Waals surface area contributed by atoms with Gasteiger partial charge in [0.05, 0.1) is 38.3 Å². The fraction of sp³-hybridized carbons (Fsp3) is 0.139. The Bertz CT molecular complexity index is 2560. The number of hydrogen-bond donors (Lipinski definition) is 2. The summed E-state index contributed by atoms with van der Waals surface area (Å²) in [6.45, 7) is 1.86. The first-order valence-corrected chi connectivity index (χ1v) is 19.4. The number of hydrogen-bond acceptors (Lipinski definition) is 12. The summed E-state index contributed by atoms with van der Waals surface area (Å²) in [6.07, 6.45) is 2.14. The van der Waals surface area contributed by atoms with Crippen LogP contribution in [0.4, 0.5) is 17.2 Å². The molecular formula is C36H29N9O5S3. The fourth-order valence-electron chi connectivity index (χ4n) is 5.45. The van der Waals surface area contributed by atoms with E-state index in [0.29, 0.717) is 18.5 Å². The molecule has 0 bridgehead atoms. The third-order valence-electron chi connectivity index (χ3n) is 8.00. The highest BCUT2D eigenvalue weighted by Gasteiger charge is 2.43. The SMILES string of the molecule is CCCC(S)N1C(C(N=Nc2nn(-c3ccc(S(=O)(=O)c4ccccc4)cc3C#N)cc2C#N)C(=O)Nc2ccccc2)=Nc2ccccc2S1(=O)=O. The number of benzene rings is 4. The van der Waals surface area contributed by atoms with Gasteiger partial charge in [-0.1, -0.05) is 61.9 Å². The number of aromatic nitrogens is 2. The molecule has 14 nitrogen and oxygen atoms in total. The summed E-state index contributed by atoms with van der Waals surface area (Å²) in [5, 5.41) is 34.5. The van der Waals surface area contributed by atoms with Crippen molar-refractivity contribution in [1.29, 1.82) is 10.5 Å². The number of nitrogens with zero attached hydrogens (tertiary/aromatic N) is 8. The van der Waals surface area contributed by atoms with Gasteiger partial charge in [-0.3, -0.25) is 4.79 Å². The van der Waals surface area contributed by atoms with Crippen molar-refractivity contribution in [2.45, 2.75) is 45.9 Å². The number of aliphatic imine (C=N–C) groups is 1. The van der Waals surface area contributed by atoms with E-state index in [4.69, 9.17) is 0 Å². The normalized spacial score (nSPS) is 14.7. The van der Waals surface area contributed by atoms with E-state index in [1.165, 1.54) is 53.3 Å². The minimum absolute atomic E-state index is 0.0485. The van der Waals surface area contributed by atoms with Gasteiger partial charge in [0.25, 0.3) is 15.9 Å². The lowest BCUT2D eigenvalue weighted by Gasteiger charge is -2.35. The van der Waals surface area contributed by atoms with Crippen LogP contribution in [-0.4, -0.2) is 54.1 Å². The van der Waals surface area contributed by atoms with Crippen LogP contribution in [0.2, 0.25) is 0 Å². The third-order valence-corrected chi connectivity index (χ3v) is 12.3. The van der Waals surface area contributed by atoms with Gasteiger partial charge in [0, 0.05) is 5.69 Å². The highest BCUT2D eigenvalue weighted by Crippen LogP contribution is 2.36. The van der Waals surface area contributed by atoms with Gasteiger partial charge in [0.15, 0.2) is 5.84 Å². The second-order valence-corrected chi connectivity index (χ2v) is 15.8. The van der Waals surface area contributed by atoms with Gasteiger partial charge in [-0.25, -0.2) is 30.8 Å². The summed E-state index contributed by atoms with van der Waals surface area (Å²) in [6, 6.07) is 28.4. The number of carbonyl (C=O) groups is 1. The summed E-state index contributed by atoms with van der Waals surface area (Å²) in [5.41, 5.74) is 0.443. The topological polar surface area (TPSA) is 203 Å². The van der Waals surface area contributed by atoms with E-state index < -0.39 is 37.2 Å². The van der Waals surface area contributed by atoms with Gasteiger partial charge in [-0.05, 0) is 61.0 Å². The zero-order valence-corrected chi connectivity index (χ0v) is 30.4. The van der Waals surface area contributed by atoms with E-state index in [0.717, 1.165) is 4.31 Å². The number of carbonyl (C=O) groups excluding carboxylic acids is 1. The van der Waals surface area contributed by atoms with E-state index in [2.05, 4.69) is 38.3 Å². The largest absolute Gasteiger partial charge is 0.324 e. The molecule has 1 amide bonds. The number of amides is 1. The van der Waals surface area contributed by atoms with Crippen molar-refractivity contribution in [2.75, 3.05) is 5.32 Å². The molecule has 0 spiro atoms. The molecule has 6 rings (SSSR count). The molecule has 0 aliphatic carbocycles. The number of nitriles is 2. The minimum Gasteiger partial charge on any atom is -0.324 e. The van der Waals surface area contributed by atoms with Crippen LogP contribution in [0.3, 0.4) is 0 Å². The quantitative estimate of drug-likeness (QED) is 0.115. The van der Waals surface area contributed by atoms with Crippen molar-refractivity contribution in [1.82, 2.24) is 14.1 Å². The maximum atomic E-state index is 14.0. The number of para-hydroxylation sites is 2. The predicted molar refractivity (Wildman–Crippen MR) is 199 cm³/mol. The minimum atomic E-state index is -4.27. The van der Waals surface area contributed by atoms with Gasteiger partial charge >= 0.3 is 0 Å². The summed E-state index contributed by atoms with van der Waals surface area (Å²) in [4.78, 5) is 18.4. The zero-order valence-electron chi connectivity index (χ0n) is 27.8. The van der Waals surface area contributed by atoms with Crippen LogP contribution in [0.25, 0.3) is 5.69 Å². The number of sulfone groups is 1. The number of azo groups is 1. The molecule has 0 radical (unpaired) electrons. The van der Waals surface area contributed by atoms with Crippen molar-refractivity contribution in [2.24, 2.45) is 15.2 Å². The monoisotopic (exact) mass is 763 g/mol. The Balaban J connectivity index is 1.44. The van der Waals surface area contributed by atoms with Crippen molar-refractivity contribution < 1.29 is 21.6 Å². The van der Waals surface area contributed by atoms with Gasteiger partial charge < -0.3 is 5.32 Å². The lowest BCUT2D eigenvalue weighted by molar-refractivity contribution is -0.116. The third kappa shape index (κ3) is 7.31. The number of rotatable bonds is 11. The van der Waals surface area contributed by atoms with Crippen molar-refractivity contribution in [3.8, 4) is 17.8 Å². The van der Waals surface area contributed by atoms with E-state index >= 15 is 0 Å². The van der Waals surface area contributed by atoms with E-state index in [1.807, 2.05) is 19.1 Å². The fourth-order valence-corrected chi connectivity index (χ4v) is 9.16. The Labute approximate surface area is 311 Å². The molecule has 266 valence electrons. The second kappa shape index (κ2) is 15.2. The van der Waals surface area contributed by atoms with Gasteiger partial charge in [-0.2, -0.15) is 28.3 Å². The number of sulfonamides is 1. The van der Waals surface area contributed by atoms with E-state index in [9.17, 15) is 32.2 Å². The van der Waals surface area contributed by atoms with Crippen LogP contribution in [0.1, 0.15) is 30.9 Å². The molecule has 1 aliphatic heterocycles. The molecule has 0 saturated heterocycles. The van der Waals surface area contributed by atoms with Crippen LogP contribution in [0.15, 0.2) is 139 Å². The Morgan fingerprint density at radius 1 is 0.925 bits per heavy atom. The molecule has 1 aliphatic rings. The van der Waals surface area contributed by atoms with E-state index in [1.54, 1.807) is 60.7 Å². The molecule has 53 heavy (non-hydrogen) atoms. The van der Waals surface area contributed by atoms with Crippen molar-refractivity contribution >= 4 is 61.4 Å². The van der Waals surface area contributed by atoms with Crippen LogP contribution in [0.5, 0.6) is 0 Å². The van der Waals surface area contributed by atoms with Crippen LogP contribution >= 0.6 is 12.6 Å². The van der Waals surface area contributed by atoms with E-state index in [-0.39, 0.29) is 48.8 Å². The highest BCUT2D eigenvalue weighted by atomic mass is 32.2. The maximum Gasteiger partial charge on any atom is 0.268 e. The Hall–Kier alpha value is -6.14. The molecule has 2 heterocycles. The number of nitrogens with one attached hydrogen (secondary N) is 1. The molecule has 2 unspecified atom stereocenters. The molecule has 5 aromatic rings. The van der Waals surface area contributed by atoms with Crippen molar-refractivity contribution in [3.05, 3.63) is 120 Å². The Kier molecular flexibility index (Phi) is 10.5. The van der Waals surface area contributed by atoms with Gasteiger partial charge in [0.1, 0.15) is 22.6 Å². The highest BCUT2D eigenvalue weighted by molar-refractivity contribution is 7.91. The average Bonchev–Trinajstić information content (AvgIpc) is 3.58. The van der Waals surface area contributed by atoms with Crippen LogP contribution in [-0.2, 0) is 24.7 Å². The number of anilines is 1. The molecule has 2 atom stereocenters. The zero-order chi connectivity index (χ0) is 37.8.